The van der Waals surface area contributed by atoms with E-state index in [2.05, 4.69) is 24.1 Å². The second-order valence-electron chi connectivity index (χ2n) is 6.73. The average molecular weight is 379 g/mol. The fourth-order valence-electron chi connectivity index (χ4n) is 3.35. The molecular weight excluding hydrogens is 354 g/mol. The van der Waals surface area contributed by atoms with Gasteiger partial charge in [-0.1, -0.05) is 38.1 Å². The normalized spacial score (nSPS) is 13.2. The molecule has 1 aliphatic heterocycles. The monoisotopic (exact) mass is 379 g/mol. The van der Waals surface area contributed by atoms with E-state index in [1.54, 1.807) is 42.5 Å². The number of amides is 3. The molecule has 0 spiro atoms. The maximum Gasteiger partial charge on any atom is 0.261 e. The number of rotatable bonds is 8. The van der Waals surface area contributed by atoms with Crippen LogP contribution in [-0.2, 0) is 6.54 Å². The molecule has 0 saturated heterocycles. The van der Waals surface area contributed by atoms with E-state index in [0.29, 0.717) is 23.2 Å². The third-order valence-electron chi connectivity index (χ3n) is 5.02. The quantitative estimate of drug-likeness (QED) is 0.716. The number of hydrogen-bond donors (Lipinski definition) is 1. The first-order valence-corrected chi connectivity index (χ1v) is 9.59. The van der Waals surface area contributed by atoms with E-state index in [-0.39, 0.29) is 24.3 Å². The summed E-state index contributed by atoms with van der Waals surface area (Å²) in [4.78, 5) is 40.9. The Bertz CT molecular complexity index is 855. The van der Waals surface area contributed by atoms with E-state index in [9.17, 15) is 14.4 Å². The van der Waals surface area contributed by atoms with Crippen LogP contribution in [0.15, 0.2) is 48.5 Å². The largest absolute Gasteiger partial charge is 0.351 e. The van der Waals surface area contributed by atoms with Gasteiger partial charge in [-0.05, 0) is 42.9 Å². The Balaban J connectivity index is 1.65. The summed E-state index contributed by atoms with van der Waals surface area (Å²) in [7, 11) is 0. The molecule has 0 aliphatic carbocycles. The standard InChI is InChI=1S/C22H25N3O3/c1-3-24(4-2)13-12-23-20(26)17-9-7-8-16(14-17)15-25-21(27)18-10-5-6-11-19(18)22(25)28/h5-11,14H,3-4,12-13,15H2,1-2H3,(H,23,26). The van der Waals surface area contributed by atoms with E-state index in [0.717, 1.165) is 25.2 Å². The van der Waals surface area contributed by atoms with Gasteiger partial charge in [-0.3, -0.25) is 19.3 Å². The van der Waals surface area contributed by atoms with Gasteiger partial charge in [0.2, 0.25) is 0 Å². The molecule has 0 saturated carbocycles. The zero-order valence-electron chi connectivity index (χ0n) is 16.3. The first-order chi connectivity index (χ1) is 13.5. The highest BCUT2D eigenvalue weighted by Crippen LogP contribution is 2.24. The molecule has 2 aromatic carbocycles. The van der Waals surface area contributed by atoms with Crippen molar-refractivity contribution < 1.29 is 14.4 Å². The minimum Gasteiger partial charge on any atom is -0.351 e. The molecule has 3 amide bonds. The van der Waals surface area contributed by atoms with Crippen LogP contribution in [0, 0.1) is 0 Å². The number of nitrogens with zero attached hydrogens (tertiary/aromatic N) is 2. The molecule has 3 rings (SSSR count). The number of carbonyl (C=O) groups excluding carboxylic acids is 3. The van der Waals surface area contributed by atoms with Gasteiger partial charge in [0.05, 0.1) is 17.7 Å². The van der Waals surface area contributed by atoms with E-state index in [4.69, 9.17) is 0 Å². The lowest BCUT2D eigenvalue weighted by molar-refractivity contribution is 0.0642. The molecule has 146 valence electrons. The maximum atomic E-state index is 12.5. The highest BCUT2D eigenvalue weighted by molar-refractivity contribution is 6.21. The maximum absolute atomic E-state index is 12.5. The zero-order valence-corrected chi connectivity index (χ0v) is 16.3. The van der Waals surface area contributed by atoms with Gasteiger partial charge in [0.15, 0.2) is 0 Å². The number of imide groups is 1. The molecule has 0 radical (unpaired) electrons. The van der Waals surface area contributed by atoms with E-state index in [1.807, 2.05) is 6.07 Å². The van der Waals surface area contributed by atoms with Crippen molar-refractivity contribution in [1.29, 1.82) is 0 Å². The number of nitrogens with one attached hydrogen (secondary N) is 1. The Hall–Kier alpha value is -2.99. The average Bonchev–Trinajstić information content (AvgIpc) is 2.96. The molecule has 0 bridgehead atoms. The van der Waals surface area contributed by atoms with Crippen molar-refractivity contribution >= 4 is 17.7 Å². The van der Waals surface area contributed by atoms with Gasteiger partial charge in [-0.2, -0.15) is 0 Å². The molecule has 28 heavy (non-hydrogen) atoms. The molecule has 6 heteroatoms. The fourth-order valence-corrected chi connectivity index (χ4v) is 3.35. The third kappa shape index (κ3) is 4.12. The first kappa shape index (κ1) is 19.8. The van der Waals surface area contributed by atoms with E-state index < -0.39 is 0 Å². The van der Waals surface area contributed by atoms with Crippen LogP contribution in [0.1, 0.15) is 50.5 Å². The van der Waals surface area contributed by atoms with Crippen LogP contribution >= 0.6 is 0 Å². The Kier molecular flexibility index (Phi) is 6.21. The van der Waals surface area contributed by atoms with Crippen molar-refractivity contribution in [3.63, 3.8) is 0 Å². The fraction of sp³-hybridized carbons (Fsp3) is 0.318. The van der Waals surface area contributed by atoms with Crippen molar-refractivity contribution in [2.45, 2.75) is 20.4 Å². The van der Waals surface area contributed by atoms with Crippen molar-refractivity contribution in [2.75, 3.05) is 26.2 Å². The highest BCUT2D eigenvalue weighted by Gasteiger charge is 2.34. The third-order valence-corrected chi connectivity index (χ3v) is 5.02. The summed E-state index contributed by atoms with van der Waals surface area (Å²) in [5.74, 6) is -0.749. The predicted octanol–water partition coefficient (Wildman–Crippen LogP) is 2.55. The van der Waals surface area contributed by atoms with Gasteiger partial charge in [-0.15, -0.1) is 0 Å². The number of carbonyl (C=O) groups is 3. The van der Waals surface area contributed by atoms with Gasteiger partial charge >= 0.3 is 0 Å². The molecule has 0 atom stereocenters. The summed E-state index contributed by atoms with van der Waals surface area (Å²) in [6, 6.07) is 13.9. The van der Waals surface area contributed by atoms with Crippen molar-refractivity contribution in [1.82, 2.24) is 15.1 Å². The van der Waals surface area contributed by atoms with E-state index >= 15 is 0 Å². The summed E-state index contributed by atoms with van der Waals surface area (Å²) < 4.78 is 0. The second kappa shape index (κ2) is 8.80. The highest BCUT2D eigenvalue weighted by atomic mass is 16.2. The van der Waals surface area contributed by atoms with Gasteiger partial charge in [0.1, 0.15) is 0 Å². The summed E-state index contributed by atoms with van der Waals surface area (Å²) in [6.07, 6.45) is 0. The van der Waals surface area contributed by atoms with Crippen LogP contribution in [-0.4, -0.2) is 53.7 Å². The van der Waals surface area contributed by atoms with Crippen LogP contribution in [0.25, 0.3) is 0 Å². The lowest BCUT2D eigenvalue weighted by Gasteiger charge is -2.18. The second-order valence-corrected chi connectivity index (χ2v) is 6.73. The molecule has 6 nitrogen and oxygen atoms in total. The Morgan fingerprint density at radius 3 is 2.21 bits per heavy atom. The molecule has 1 aliphatic rings. The molecule has 1 heterocycles. The van der Waals surface area contributed by atoms with Crippen LogP contribution < -0.4 is 5.32 Å². The summed E-state index contributed by atoms with van der Waals surface area (Å²) in [5, 5.41) is 2.92. The van der Waals surface area contributed by atoms with Gasteiger partial charge in [0.25, 0.3) is 17.7 Å². The smallest absolute Gasteiger partial charge is 0.261 e. The predicted molar refractivity (Wildman–Crippen MR) is 107 cm³/mol. The molecule has 0 aromatic heterocycles. The van der Waals surface area contributed by atoms with Crippen molar-refractivity contribution in [3.05, 3.63) is 70.8 Å². The van der Waals surface area contributed by atoms with Crippen LogP contribution in [0.3, 0.4) is 0 Å². The molecular formula is C22H25N3O3. The SMILES string of the molecule is CCN(CC)CCNC(=O)c1cccc(CN2C(=O)c3ccccc3C2=O)c1. The topological polar surface area (TPSA) is 69.7 Å². The number of benzene rings is 2. The van der Waals surface area contributed by atoms with Crippen molar-refractivity contribution in [3.8, 4) is 0 Å². The van der Waals surface area contributed by atoms with Gasteiger partial charge in [-0.25, -0.2) is 0 Å². The lowest BCUT2D eigenvalue weighted by atomic mass is 10.1. The molecule has 0 unspecified atom stereocenters. The molecule has 0 fully saturated rings. The van der Waals surface area contributed by atoms with Crippen LogP contribution in [0.4, 0.5) is 0 Å². The zero-order chi connectivity index (χ0) is 20.1. The summed E-state index contributed by atoms with van der Waals surface area (Å²) in [5.41, 5.74) is 2.12. The van der Waals surface area contributed by atoms with Gasteiger partial charge in [0, 0.05) is 18.7 Å². The summed E-state index contributed by atoms with van der Waals surface area (Å²) in [6.45, 7) is 7.59. The molecule has 1 N–H and O–H groups in total. The van der Waals surface area contributed by atoms with Crippen LogP contribution in [0.2, 0.25) is 0 Å². The van der Waals surface area contributed by atoms with Crippen molar-refractivity contribution in [2.24, 2.45) is 0 Å². The minimum atomic E-state index is -0.297. The Morgan fingerprint density at radius 2 is 1.61 bits per heavy atom. The van der Waals surface area contributed by atoms with E-state index in [1.165, 1.54) is 4.90 Å². The molecule has 2 aromatic rings. The number of likely N-dealkylation sites (N-methyl/N-ethyl adjacent to an activating group) is 1. The Morgan fingerprint density at radius 1 is 0.964 bits per heavy atom. The minimum absolute atomic E-state index is 0.146. The Labute approximate surface area is 165 Å². The first-order valence-electron chi connectivity index (χ1n) is 9.59. The number of fused-ring (bicyclic) bond motifs is 1. The number of hydrogen-bond acceptors (Lipinski definition) is 4. The van der Waals surface area contributed by atoms with Crippen LogP contribution in [0.5, 0.6) is 0 Å². The summed E-state index contributed by atoms with van der Waals surface area (Å²) >= 11 is 0. The van der Waals surface area contributed by atoms with Gasteiger partial charge < -0.3 is 10.2 Å². The lowest BCUT2D eigenvalue weighted by Crippen LogP contribution is -2.34.